The average molecular weight is 328 g/mol. The van der Waals surface area contributed by atoms with Gasteiger partial charge in [0, 0.05) is 23.1 Å². The standard InChI is InChI=1S/C19H15Cl2N/c1-22-9-8-16-15-7-6-14(21)10-17(15)19(18(16)11-22)12-2-4-13(20)5-3-12/h2-8,10H,9,11H2,1H3. The summed E-state index contributed by atoms with van der Waals surface area (Å²) in [5, 5.41) is 1.54. The van der Waals surface area contributed by atoms with Crippen molar-refractivity contribution < 1.29 is 0 Å². The number of halogens is 2. The van der Waals surface area contributed by atoms with Gasteiger partial charge >= 0.3 is 0 Å². The summed E-state index contributed by atoms with van der Waals surface area (Å²) in [5.41, 5.74) is 7.74. The van der Waals surface area contributed by atoms with Gasteiger partial charge < -0.3 is 0 Å². The first kappa shape index (κ1) is 14.1. The zero-order chi connectivity index (χ0) is 15.3. The molecule has 110 valence electrons. The van der Waals surface area contributed by atoms with Gasteiger partial charge in [0.05, 0.1) is 0 Å². The van der Waals surface area contributed by atoms with Crippen LogP contribution < -0.4 is 0 Å². The number of likely N-dealkylation sites (N-methyl/N-ethyl adjacent to an activating group) is 1. The van der Waals surface area contributed by atoms with Crippen molar-refractivity contribution >= 4 is 34.3 Å². The Balaban J connectivity index is 1.99. The third-order valence-electron chi connectivity index (χ3n) is 4.34. The second kappa shape index (κ2) is 5.27. The summed E-state index contributed by atoms with van der Waals surface area (Å²) in [7, 11) is 2.15. The van der Waals surface area contributed by atoms with E-state index in [-0.39, 0.29) is 0 Å². The molecule has 0 atom stereocenters. The number of hydrogen-bond donors (Lipinski definition) is 0. The Morgan fingerprint density at radius 3 is 2.41 bits per heavy atom. The number of rotatable bonds is 1. The molecule has 2 aromatic carbocycles. The second-order valence-corrected chi connectivity index (χ2v) is 6.74. The van der Waals surface area contributed by atoms with Crippen molar-refractivity contribution in [2.24, 2.45) is 0 Å². The van der Waals surface area contributed by atoms with Gasteiger partial charge in [-0.25, -0.2) is 0 Å². The van der Waals surface area contributed by atoms with Gasteiger partial charge in [0.25, 0.3) is 0 Å². The molecule has 1 aliphatic carbocycles. The minimum Gasteiger partial charge on any atom is -0.298 e. The lowest BCUT2D eigenvalue weighted by atomic mass is 9.96. The van der Waals surface area contributed by atoms with Crippen molar-refractivity contribution in [3.8, 4) is 0 Å². The van der Waals surface area contributed by atoms with Crippen LogP contribution in [0.25, 0.3) is 11.1 Å². The summed E-state index contributed by atoms with van der Waals surface area (Å²) in [5.74, 6) is 0. The van der Waals surface area contributed by atoms with Crippen LogP contribution in [0.5, 0.6) is 0 Å². The molecule has 0 fully saturated rings. The molecule has 0 N–H and O–H groups in total. The highest BCUT2D eigenvalue weighted by molar-refractivity contribution is 6.31. The first-order valence-corrected chi connectivity index (χ1v) is 8.07. The fraction of sp³-hybridized carbons (Fsp3) is 0.158. The van der Waals surface area contributed by atoms with E-state index in [1.54, 1.807) is 0 Å². The molecular weight excluding hydrogens is 313 g/mol. The molecule has 22 heavy (non-hydrogen) atoms. The van der Waals surface area contributed by atoms with E-state index in [4.69, 9.17) is 23.2 Å². The monoisotopic (exact) mass is 327 g/mol. The smallest absolute Gasteiger partial charge is 0.0412 e. The average Bonchev–Trinajstić information content (AvgIpc) is 2.80. The molecule has 0 amide bonds. The third kappa shape index (κ3) is 2.21. The van der Waals surface area contributed by atoms with Crippen LogP contribution in [0.15, 0.2) is 54.1 Å². The van der Waals surface area contributed by atoms with Gasteiger partial charge in [-0.3, -0.25) is 4.90 Å². The van der Waals surface area contributed by atoms with Gasteiger partial charge in [-0.1, -0.05) is 47.5 Å². The van der Waals surface area contributed by atoms with Crippen molar-refractivity contribution in [1.82, 2.24) is 4.90 Å². The second-order valence-electron chi connectivity index (χ2n) is 5.86. The molecule has 0 saturated carbocycles. The van der Waals surface area contributed by atoms with Crippen molar-refractivity contribution in [2.75, 3.05) is 20.1 Å². The Morgan fingerprint density at radius 1 is 0.909 bits per heavy atom. The predicted molar refractivity (Wildman–Crippen MR) is 94.4 cm³/mol. The lowest BCUT2D eigenvalue weighted by Crippen LogP contribution is -2.25. The first-order valence-electron chi connectivity index (χ1n) is 7.32. The molecule has 2 aliphatic rings. The van der Waals surface area contributed by atoms with Gasteiger partial charge in [0.2, 0.25) is 0 Å². The Bertz CT molecular complexity index is 816. The lowest BCUT2D eigenvalue weighted by molar-refractivity contribution is 0.401. The van der Waals surface area contributed by atoms with Gasteiger partial charge in [-0.05, 0) is 64.7 Å². The molecule has 0 bridgehead atoms. The molecule has 0 spiro atoms. The molecule has 1 nitrogen and oxygen atoms in total. The molecule has 4 rings (SSSR count). The maximum Gasteiger partial charge on any atom is 0.0412 e. The van der Waals surface area contributed by atoms with Crippen LogP contribution in [-0.4, -0.2) is 25.0 Å². The molecule has 2 aromatic rings. The molecule has 0 aromatic heterocycles. The Labute approximate surface area is 140 Å². The Hall–Kier alpha value is -1.54. The molecule has 1 heterocycles. The van der Waals surface area contributed by atoms with Crippen molar-refractivity contribution in [3.63, 3.8) is 0 Å². The highest BCUT2D eigenvalue weighted by atomic mass is 35.5. The van der Waals surface area contributed by atoms with Gasteiger partial charge in [-0.2, -0.15) is 0 Å². The number of fused-ring (bicyclic) bond motifs is 3. The van der Waals surface area contributed by atoms with E-state index in [2.05, 4.69) is 42.3 Å². The topological polar surface area (TPSA) is 3.24 Å². The van der Waals surface area contributed by atoms with E-state index < -0.39 is 0 Å². The Kier molecular flexibility index (Phi) is 3.37. The summed E-state index contributed by atoms with van der Waals surface area (Å²) in [6.07, 6.45) is 2.31. The molecule has 3 heteroatoms. The molecule has 0 unspecified atom stereocenters. The summed E-state index contributed by atoms with van der Waals surface area (Å²) in [4.78, 5) is 2.32. The van der Waals surface area contributed by atoms with E-state index in [1.165, 1.54) is 33.4 Å². The van der Waals surface area contributed by atoms with Crippen LogP contribution in [-0.2, 0) is 0 Å². The van der Waals surface area contributed by atoms with E-state index in [0.29, 0.717) is 0 Å². The van der Waals surface area contributed by atoms with E-state index in [0.717, 1.165) is 23.1 Å². The minimum absolute atomic E-state index is 0.759. The molecule has 0 radical (unpaired) electrons. The normalized spacial score (nSPS) is 17.3. The van der Waals surface area contributed by atoms with Gasteiger partial charge in [0.15, 0.2) is 0 Å². The zero-order valence-corrected chi connectivity index (χ0v) is 13.7. The lowest BCUT2D eigenvalue weighted by Gasteiger charge is -2.23. The van der Waals surface area contributed by atoms with Crippen LogP contribution in [0, 0.1) is 0 Å². The highest BCUT2D eigenvalue weighted by Gasteiger charge is 2.29. The van der Waals surface area contributed by atoms with Gasteiger partial charge in [0.1, 0.15) is 0 Å². The SMILES string of the molecule is CN1CC=C2C(=C(c3ccc(Cl)cc3)c3cc(Cl)ccc32)C1. The summed E-state index contributed by atoms with van der Waals surface area (Å²) < 4.78 is 0. The van der Waals surface area contributed by atoms with Crippen LogP contribution in [0.3, 0.4) is 0 Å². The van der Waals surface area contributed by atoms with E-state index in [1.807, 2.05) is 18.2 Å². The van der Waals surface area contributed by atoms with Gasteiger partial charge in [-0.15, -0.1) is 0 Å². The fourth-order valence-corrected chi connectivity index (χ4v) is 3.64. The maximum atomic E-state index is 6.25. The summed E-state index contributed by atoms with van der Waals surface area (Å²) in [6.45, 7) is 1.94. The quantitative estimate of drug-likeness (QED) is 0.701. The number of benzene rings is 2. The van der Waals surface area contributed by atoms with Crippen LogP contribution in [0.4, 0.5) is 0 Å². The Morgan fingerprint density at radius 2 is 1.64 bits per heavy atom. The third-order valence-corrected chi connectivity index (χ3v) is 4.82. The highest BCUT2D eigenvalue weighted by Crippen LogP contribution is 2.46. The van der Waals surface area contributed by atoms with E-state index in [9.17, 15) is 0 Å². The zero-order valence-electron chi connectivity index (χ0n) is 12.2. The molecular formula is C19H15Cl2N. The van der Waals surface area contributed by atoms with Crippen LogP contribution in [0.2, 0.25) is 10.0 Å². The van der Waals surface area contributed by atoms with Crippen molar-refractivity contribution in [1.29, 1.82) is 0 Å². The van der Waals surface area contributed by atoms with Crippen LogP contribution in [0.1, 0.15) is 16.7 Å². The van der Waals surface area contributed by atoms with Crippen LogP contribution >= 0.6 is 23.2 Å². The summed E-state index contributed by atoms with van der Waals surface area (Å²) in [6, 6.07) is 14.3. The molecule has 1 aliphatic heterocycles. The van der Waals surface area contributed by atoms with E-state index >= 15 is 0 Å². The first-order chi connectivity index (χ1) is 10.6. The maximum absolute atomic E-state index is 6.25. The predicted octanol–water partition coefficient (Wildman–Crippen LogP) is 5.14. The van der Waals surface area contributed by atoms with Crippen molar-refractivity contribution in [2.45, 2.75) is 0 Å². The van der Waals surface area contributed by atoms with Crippen molar-refractivity contribution in [3.05, 3.63) is 80.8 Å². The number of hydrogen-bond acceptors (Lipinski definition) is 1. The largest absolute Gasteiger partial charge is 0.298 e. The summed E-state index contributed by atoms with van der Waals surface area (Å²) >= 11 is 12.3. The number of nitrogens with zero attached hydrogens (tertiary/aromatic N) is 1. The minimum atomic E-state index is 0.759. The fourth-order valence-electron chi connectivity index (χ4n) is 3.34. The molecule has 0 saturated heterocycles.